The number of pyridine rings is 1. The van der Waals surface area contributed by atoms with Crippen LogP contribution in [-0.2, 0) is 11.3 Å². The zero-order valence-corrected chi connectivity index (χ0v) is 14.7. The first kappa shape index (κ1) is 18.7. The summed E-state index contributed by atoms with van der Waals surface area (Å²) in [6.07, 6.45) is 1.66. The van der Waals surface area contributed by atoms with Crippen molar-refractivity contribution in [3.8, 4) is 22.6 Å². The van der Waals surface area contributed by atoms with Gasteiger partial charge in [0.1, 0.15) is 17.7 Å². The highest BCUT2D eigenvalue weighted by Crippen LogP contribution is 2.29. The molecule has 140 valence electrons. The standard InChI is InChI=1S/C19H20FN5O2/c1-21-15(11-26)19(27)23-10-16-24-17(12-5-4-6-13(20)9-12)18(25-16)14-7-2-3-8-22-14/h2-9,15,21,26H,10-11H2,1H3,(H,23,27)(H,24,25)/t15-/m0/s1. The summed E-state index contributed by atoms with van der Waals surface area (Å²) in [7, 11) is 1.59. The number of rotatable bonds is 7. The van der Waals surface area contributed by atoms with E-state index >= 15 is 0 Å². The van der Waals surface area contributed by atoms with Crippen molar-refractivity contribution in [2.75, 3.05) is 13.7 Å². The molecule has 0 radical (unpaired) electrons. The van der Waals surface area contributed by atoms with Crippen LogP contribution in [-0.4, -0.2) is 45.7 Å². The van der Waals surface area contributed by atoms with Crippen LogP contribution in [0.4, 0.5) is 4.39 Å². The molecule has 1 atom stereocenters. The lowest BCUT2D eigenvalue weighted by Crippen LogP contribution is -2.44. The highest BCUT2D eigenvalue weighted by atomic mass is 19.1. The number of amides is 1. The lowest BCUT2D eigenvalue weighted by molar-refractivity contribution is -0.124. The lowest BCUT2D eigenvalue weighted by atomic mass is 10.1. The number of aliphatic hydroxyl groups is 1. The van der Waals surface area contributed by atoms with E-state index in [2.05, 4.69) is 25.6 Å². The molecular weight excluding hydrogens is 349 g/mol. The number of hydrogen-bond donors (Lipinski definition) is 4. The van der Waals surface area contributed by atoms with Crippen molar-refractivity contribution in [1.29, 1.82) is 0 Å². The van der Waals surface area contributed by atoms with E-state index in [4.69, 9.17) is 0 Å². The fourth-order valence-electron chi connectivity index (χ4n) is 2.65. The number of aromatic nitrogens is 3. The van der Waals surface area contributed by atoms with E-state index in [0.29, 0.717) is 28.5 Å². The number of aromatic amines is 1. The molecule has 4 N–H and O–H groups in total. The fourth-order valence-corrected chi connectivity index (χ4v) is 2.65. The van der Waals surface area contributed by atoms with Crippen LogP contribution in [0.2, 0.25) is 0 Å². The molecule has 7 nitrogen and oxygen atoms in total. The Hall–Kier alpha value is -3.10. The van der Waals surface area contributed by atoms with Crippen LogP contribution in [0.15, 0.2) is 48.7 Å². The number of nitrogens with one attached hydrogen (secondary N) is 3. The minimum Gasteiger partial charge on any atom is -0.394 e. The second kappa shape index (κ2) is 8.52. The topological polar surface area (TPSA) is 103 Å². The number of nitrogens with zero attached hydrogens (tertiary/aromatic N) is 2. The van der Waals surface area contributed by atoms with Gasteiger partial charge in [-0.1, -0.05) is 18.2 Å². The van der Waals surface area contributed by atoms with Crippen LogP contribution in [0.1, 0.15) is 5.82 Å². The van der Waals surface area contributed by atoms with Crippen LogP contribution < -0.4 is 10.6 Å². The van der Waals surface area contributed by atoms with E-state index in [1.54, 1.807) is 31.4 Å². The number of imidazole rings is 1. The molecule has 3 rings (SSSR count). The highest BCUT2D eigenvalue weighted by molar-refractivity contribution is 5.82. The summed E-state index contributed by atoms with van der Waals surface area (Å²) >= 11 is 0. The summed E-state index contributed by atoms with van der Waals surface area (Å²) in [6.45, 7) is -0.180. The van der Waals surface area contributed by atoms with Gasteiger partial charge in [0.2, 0.25) is 5.91 Å². The van der Waals surface area contributed by atoms with Crippen molar-refractivity contribution in [1.82, 2.24) is 25.6 Å². The molecule has 0 spiro atoms. The number of carbonyl (C=O) groups is 1. The number of likely N-dealkylation sites (N-methyl/N-ethyl adjacent to an activating group) is 1. The zero-order valence-electron chi connectivity index (χ0n) is 14.7. The number of halogens is 1. The normalized spacial score (nSPS) is 12.0. The number of aliphatic hydroxyl groups excluding tert-OH is 1. The minimum atomic E-state index is -0.696. The Bertz CT molecular complexity index is 909. The first-order valence-electron chi connectivity index (χ1n) is 8.44. The Morgan fingerprint density at radius 1 is 1.30 bits per heavy atom. The Morgan fingerprint density at radius 2 is 2.15 bits per heavy atom. The van der Waals surface area contributed by atoms with Crippen LogP contribution >= 0.6 is 0 Å². The van der Waals surface area contributed by atoms with E-state index in [9.17, 15) is 14.3 Å². The molecular formula is C19H20FN5O2. The monoisotopic (exact) mass is 369 g/mol. The number of benzene rings is 1. The van der Waals surface area contributed by atoms with Crippen molar-refractivity contribution in [2.45, 2.75) is 12.6 Å². The van der Waals surface area contributed by atoms with E-state index < -0.39 is 6.04 Å². The average molecular weight is 369 g/mol. The van der Waals surface area contributed by atoms with Gasteiger partial charge in [-0.15, -0.1) is 0 Å². The van der Waals surface area contributed by atoms with Crippen LogP contribution in [0.5, 0.6) is 0 Å². The van der Waals surface area contributed by atoms with Crippen molar-refractivity contribution in [3.63, 3.8) is 0 Å². The van der Waals surface area contributed by atoms with Gasteiger partial charge in [0.15, 0.2) is 0 Å². The molecule has 0 saturated carbocycles. The quantitative estimate of drug-likeness (QED) is 0.505. The van der Waals surface area contributed by atoms with Crippen molar-refractivity contribution in [2.24, 2.45) is 0 Å². The van der Waals surface area contributed by atoms with E-state index in [0.717, 1.165) is 0 Å². The minimum absolute atomic E-state index is 0.131. The number of carbonyl (C=O) groups excluding carboxylic acids is 1. The largest absolute Gasteiger partial charge is 0.394 e. The van der Waals surface area contributed by atoms with Gasteiger partial charge in [0.05, 0.1) is 30.2 Å². The summed E-state index contributed by atoms with van der Waals surface area (Å²) in [4.78, 5) is 24.0. The predicted octanol–water partition coefficient (Wildman–Crippen LogP) is 1.47. The van der Waals surface area contributed by atoms with E-state index in [-0.39, 0.29) is 24.9 Å². The Balaban J connectivity index is 1.92. The van der Waals surface area contributed by atoms with Crippen molar-refractivity contribution >= 4 is 5.91 Å². The molecule has 1 amide bonds. The SMILES string of the molecule is CN[C@@H](CO)C(=O)NCc1nc(-c2cccc(F)c2)c(-c2ccccn2)[nH]1. The Kier molecular flexibility index (Phi) is 5.90. The summed E-state index contributed by atoms with van der Waals surface area (Å²) in [5.74, 6) is -0.212. The molecule has 0 unspecified atom stereocenters. The smallest absolute Gasteiger partial charge is 0.239 e. The van der Waals surface area contributed by atoms with Gasteiger partial charge in [-0.25, -0.2) is 9.37 Å². The van der Waals surface area contributed by atoms with Gasteiger partial charge in [0, 0.05) is 11.8 Å². The second-order valence-corrected chi connectivity index (χ2v) is 5.87. The molecule has 0 fully saturated rings. The van der Waals surface area contributed by atoms with Crippen molar-refractivity contribution in [3.05, 3.63) is 60.3 Å². The van der Waals surface area contributed by atoms with E-state index in [1.807, 2.05) is 12.1 Å². The third-order valence-electron chi connectivity index (χ3n) is 4.05. The number of H-pyrrole nitrogens is 1. The second-order valence-electron chi connectivity index (χ2n) is 5.87. The van der Waals surface area contributed by atoms with Gasteiger partial charge in [-0.2, -0.15) is 0 Å². The van der Waals surface area contributed by atoms with E-state index in [1.165, 1.54) is 12.1 Å². The molecule has 0 bridgehead atoms. The third-order valence-corrected chi connectivity index (χ3v) is 4.05. The average Bonchev–Trinajstić information content (AvgIpc) is 3.12. The molecule has 8 heteroatoms. The molecule has 3 aromatic rings. The number of hydrogen-bond acceptors (Lipinski definition) is 5. The summed E-state index contributed by atoms with van der Waals surface area (Å²) in [5, 5.41) is 14.6. The Morgan fingerprint density at radius 3 is 2.81 bits per heavy atom. The van der Waals surface area contributed by atoms with Gasteiger partial charge in [-0.3, -0.25) is 9.78 Å². The van der Waals surface area contributed by atoms with Crippen LogP contribution in [0.3, 0.4) is 0 Å². The molecule has 0 saturated heterocycles. The summed E-state index contributed by atoms with van der Waals surface area (Å²) < 4.78 is 13.7. The van der Waals surface area contributed by atoms with Gasteiger partial charge in [-0.05, 0) is 31.3 Å². The maximum atomic E-state index is 13.7. The maximum Gasteiger partial charge on any atom is 0.239 e. The zero-order chi connectivity index (χ0) is 19.2. The third kappa shape index (κ3) is 4.36. The molecule has 0 aliphatic heterocycles. The first-order chi connectivity index (χ1) is 13.1. The molecule has 0 aliphatic carbocycles. The molecule has 27 heavy (non-hydrogen) atoms. The molecule has 2 heterocycles. The highest BCUT2D eigenvalue weighted by Gasteiger charge is 2.18. The maximum absolute atomic E-state index is 13.7. The summed E-state index contributed by atoms with van der Waals surface area (Å²) in [6, 6.07) is 10.9. The predicted molar refractivity (Wildman–Crippen MR) is 99.0 cm³/mol. The van der Waals surface area contributed by atoms with Gasteiger partial charge < -0.3 is 20.7 Å². The Labute approximate surface area is 155 Å². The summed E-state index contributed by atoms with van der Waals surface area (Å²) in [5.41, 5.74) is 2.45. The molecule has 0 aliphatic rings. The van der Waals surface area contributed by atoms with Gasteiger partial charge >= 0.3 is 0 Å². The lowest BCUT2D eigenvalue weighted by Gasteiger charge is -2.12. The molecule has 2 aromatic heterocycles. The van der Waals surface area contributed by atoms with Crippen LogP contribution in [0, 0.1) is 5.82 Å². The van der Waals surface area contributed by atoms with Crippen molar-refractivity contribution < 1.29 is 14.3 Å². The fraction of sp³-hybridized carbons (Fsp3) is 0.211. The molecule has 1 aromatic carbocycles. The first-order valence-corrected chi connectivity index (χ1v) is 8.44. The van der Waals surface area contributed by atoms with Gasteiger partial charge in [0.25, 0.3) is 0 Å². The van der Waals surface area contributed by atoms with Crippen LogP contribution in [0.25, 0.3) is 22.6 Å².